The number of aromatic nitrogens is 7. The Morgan fingerprint density at radius 3 is 2.71 bits per heavy atom. The first kappa shape index (κ1) is 18.6. The number of hydrogen-bond acceptors (Lipinski definition) is 7. The first-order valence-corrected chi connectivity index (χ1v) is 9.05. The summed E-state index contributed by atoms with van der Waals surface area (Å²) in [4.78, 5) is 9.37. The van der Waals surface area contributed by atoms with Crippen molar-refractivity contribution < 1.29 is 4.52 Å². The molecule has 1 aliphatic heterocycles. The van der Waals surface area contributed by atoms with Crippen LogP contribution in [-0.2, 0) is 5.54 Å². The molecule has 0 aromatic carbocycles. The maximum atomic E-state index is 5.75. The van der Waals surface area contributed by atoms with Crippen LogP contribution in [0.2, 0.25) is 0 Å². The van der Waals surface area contributed by atoms with Crippen molar-refractivity contribution in [1.29, 1.82) is 0 Å². The topological polar surface area (TPSA) is 99.0 Å². The van der Waals surface area contributed by atoms with E-state index in [1.807, 2.05) is 36.9 Å². The molecule has 0 aliphatic carbocycles. The fourth-order valence-electron chi connectivity index (χ4n) is 3.85. The fraction of sp³-hybridized carbons (Fsp3) is 0.389. The molecule has 4 aromatic heterocycles. The molecule has 0 saturated carbocycles. The average Bonchev–Trinajstić information content (AvgIpc) is 3.42. The Morgan fingerprint density at radius 2 is 1.96 bits per heavy atom. The van der Waals surface area contributed by atoms with Gasteiger partial charge < -0.3 is 9.84 Å². The largest absolute Gasteiger partial charge is 0.336 e. The number of rotatable bonds is 3. The lowest BCUT2D eigenvalue weighted by Gasteiger charge is -2.34. The first-order chi connectivity index (χ1) is 13.2. The molecular formula is C18H21ClN8O. The Bertz CT molecular complexity index is 1090. The highest BCUT2D eigenvalue weighted by atomic mass is 35.5. The smallest absolute Gasteiger partial charge is 0.255 e. The third kappa shape index (κ3) is 2.78. The molecule has 1 saturated heterocycles. The minimum absolute atomic E-state index is 0. The van der Waals surface area contributed by atoms with Crippen LogP contribution in [0.25, 0.3) is 17.0 Å². The molecule has 1 N–H and O–H groups in total. The van der Waals surface area contributed by atoms with Crippen LogP contribution >= 0.6 is 12.4 Å². The van der Waals surface area contributed by atoms with Crippen molar-refractivity contribution in [3.05, 3.63) is 48.0 Å². The Hall–Kier alpha value is -2.78. The van der Waals surface area contributed by atoms with Gasteiger partial charge in [0, 0.05) is 23.8 Å². The molecule has 146 valence electrons. The molecule has 1 aliphatic rings. The number of fused-ring (bicyclic) bond motifs is 1. The van der Waals surface area contributed by atoms with Crippen LogP contribution in [0, 0.1) is 13.8 Å². The van der Waals surface area contributed by atoms with E-state index in [9.17, 15) is 0 Å². The summed E-state index contributed by atoms with van der Waals surface area (Å²) in [6.45, 7) is 5.71. The molecule has 1 fully saturated rings. The summed E-state index contributed by atoms with van der Waals surface area (Å²) in [6, 6.07) is 3.91. The predicted octanol–water partition coefficient (Wildman–Crippen LogP) is 2.14. The zero-order chi connectivity index (χ0) is 18.4. The molecule has 0 unspecified atom stereocenters. The van der Waals surface area contributed by atoms with Gasteiger partial charge in [0.05, 0.1) is 11.8 Å². The number of halogens is 1. The van der Waals surface area contributed by atoms with E-state index in [-0.39, 0.29) is 12.4 Å². The van der Waals surface area contributed by atoms with Gasteiger partial charge in [-0.05, 0) is 51.9 Å². The molecule has 10 heteroatoms. The number of hydrogen-bond donors (Lipinski definition) is 1. The van der Waals surface area contributed by atoms with E-state index in [0.29, 0.717) is 11.7 Å². The van der Waals surface area contributed by atoms with Crippen molar-refractivity contribution in [3.63, 3.8) is 0 Å². The summed E-state index contributed by atoms with van der Waals surface area (Å²) in [5.74, 6) is 1.08. The van der Waals surface area contributed by atoms with Crippen molar-refractivity contribution in [2.75, 3.05) is 13.1 Å². The summed E-state index contributed by atoms with van der Waals surface area (Å²) in [5, 5.41) is 16.5. The van der Waals surface area contributed by atoms with E-state index < -0.39 is 5.54 Å². The minimum atomic E-state index is -0.428. The molecule has 5 rings (SSSR count). The molecule has 5 heterocycles. The maximum absolute atomic E-state index is 5.75. The number of nitrogens with one attached hydrogen (secondary N) is 1. The van der Waals surface area contributed by atoms with Crippen LogP contribution in [0.1, 0.15) is 30.1 Å². The van der Waals surface area contributed by atoms with Gasteiger partial charge in [0.2, 0.25) is 5.82 Å². The molecule has 4 aromatic rings. The molecule has 0 atom stereocenters. The van der Waals surface area contributed by atoms with Gasteiger partial charge in [0.15, 0.2) is 5.65 Å². The van der Waals surface area contributed by atoms with Gasteiger partial charge in [-0.2, -0.15) is 15.2 Å². The molecule has 0 radical (unpaired) electrons. The SMILES string of the molecule is Cc1cc(C)n2ncc(-c3noc(C4(n5cccn5)CCNCC4)n3)c2n1.Cl. The summed E-state index contributed by atoms with van der Waals surface area (Å²) < 4.78 is 9.49. The van der Waals surface area contributed by atoms with E-state index in [0.717, 1.165) is 48.5 Å². The van der Waals surface area contributed by atoms with E-state index in [4.69, 9.17) is 9.51 Å². The average molecular weight is 401 g/mol. The van der Waals surface area contributed by atoms with E-state index in [1.54, 1.807) is 16.9 Å². The summed E-state index contributed by atoms with van der Waals surface area (Å²) in [7, 11) is 0. The molecule has 28 heavy (non-hydrogen) atoms. The lowest BCUT2D eigenvalue weighted by molar-refractivity contribution is 0.172. The predicted molar refractivity (Wildman–Crippen MR) is 104 cm³/mol. The quantitative estimate of drug-likeness (QED) is 0.562. The maximum Gasteiger partial charge on any atom is 0.255 e. The summed E-state index contributed by atoms with van der Waals surface area (Å²) in [5.41, 5.74) is 3.01. The van der Waals surface area contributed by atoms with Crippen molar-refractivity contribution in [2.24, 2.45) is 0 Å². The Labute approximate surface area is 167 Å². The standard InChI is InChI=1S/C18H20N8O.ClH/c1-12-10-13(2)26-16(22-12)14(11-21-26)15-23-17(27-24-15)18(4-7-19-8-5-18)25-9-3-6-20-25;/h3,6,9-11,19H,4-5,7-8H2,1-2H3;1H. The monoisotopic (exact) mass is 400 g/mol. The lowest BCUT2D eigenvalue weighted by Crippen LogP contribution is -2.45. The number of piperidine rings is 1. The van der Waals surface area contributed by atoms with Crippen molar-refractivity contribution in [1.82, 2.24) is 39.8 Å². The zero-order valence-electron chi connectivity index (χ0n) is 15.7. The first-order valence-electron chi connectivity index (χ1n) is 9.05. The van der Waals surface area contributed by atoms with E-state index >= 15 is 0 Å². The molecular weight excluding hydrogens is 380 g/mol. The van der Waals surface area contributed by atoms with Crippen LogP contribution in [0.5, 0.6) is 0 Å². The second kappa shape index (κ2) is 6.99. The second-order valence-electron chi connectivity index (χ2n) is 6.99. The fourth-order valence-corrected chi connectivity index (χ4v) is 3.85. The minimum Gasteiger partial charge on any atom is -0.336 e. The summed E-state index contributed by atoms with van der Waals surface area (Å²) in [6.07, 6.45) is 7.15. The van der Waals surface area contributed by atoms with Crippen molar-refractivity contribution >= 4 is 18.1 Å². The summed E-state index contributed by atoms with van der Waals surface area (Å²) >= 11 is 0. The Balaban J connectivity index is 0.00000192. The van der Waals surface area contributed by atoms with Crippen molar-refractivity contribution in [3.8, 4) is 11.4 Å². The highest BCUT2D eigenvalue weighted by Crippen LogP contribution is 2.35. The number of aryl methyl sites for hydroxylation is 2. The third-order valence-corrected chi connectivity index (χ3v) is 5.22. The van der Waals surface area contributed by atoms with E-state index in [2.05, 4.69) is 25.7 Å². The van der Waals surface area contributed by atoms with Crippen molar-refractivity contribution in [2.45, 2.75) is 32.2 Å². The van der Waals surface area contributed by atoms with Crippen LogP contribution in [-0.4, -0.2) is 47.6 Å². The van der Waals surface area contributed by atoms with E-state index in [1.165, 1.54) is 0 Å². The highest BCUT2D eigenvalue weighted by Gasteiger charge is 2.42. The molecule has 0 spiro atoms. The molecule has 9 nitrogen and oxygen atoms in total. The van der Waals surface area contributed by atoms with Gasteiger partial charge in [-0.15, -0.1) is 12.4 Å². The second-order valence-corrected chi connectivity index (χ2v) is 6.99. The molecule has 0 amide bonds. The van der Waals surface area contributed by atoms with Gasteiger partial charge in [0.1, 0.15) is 5.54 Å². The van der Waals surface area contributed by atoms with Crippen LogP contribution < -0.4 is 5.32 Å². The lowest BCUT2D eigenvalue weighted by atomic mass is 9.88. The van der Waals surface area contributed by atoms with Gasteiger partial charge in [-0.3, -0.25) is 4.68 Å². The Kier molecular flexibility index (Phi) is 4.64. The van der Waals surface area contributed by atoms with Crippen LogP contribution in [0.4, 0.5) is 0 Å². The Morgan fingerprint density at radius 1 is 1.14 bits per heavy atom. The van der Waals surface area contributed by atoms with Gasteiger partial charge in [0.25, 0.3) is 5.89 Å². The normalized spacial score (nSPS) is 16.2. The zero-order valence-corrected chi connectivity index (χ0v) is 16.5. The highest BCUT2D eigenvalue weighted by molar-refractivity contribution is 5.85. The number of nitrogens with zero attached hydrogens (tertiary/aromatic N) is 7. The van der Waals surface area contributed by atoms with Gasteiger partial charge >= 0.3 is 0 Å². The van der Waals surface area contributed by atoms with Crippen LogP contribution in [0.3, 0.4) is 0 Å². The van der Waals surface area contributed by atoms with Crippen LogP contribution in [0.15, 0.2) is 35.2 Å². The third-order valence-electron chi connectivity index (χ3n) is 5.22. The van der Waals surface area contributed by atoms with Gasteiger partial charge in [-0.25, -0.2) is 9.50 Å². The van der Waals surface area contributed by atoms with Gasteiger partial charge in [-0.1, -0.05) is 5.16 Å². The molecule has 0 bridgehead atoms.